The molecule has 1 aliphatic heterocycles. The molecule has 0 aliphatic carbocycles. The molecule has 1 aromatic rings. The molecular weight excluding hydrogens is 260 g/mol. The zero-order valence-electron chi connectivity index (χ0n) is 13.6. The van der Waals surface area contributed by atoms with Gasteiger partial charge in [0.05, 0.1) is 12.1 Å². The molecule has 1 atom stereocenters. The maximum Gasteiger partial charge on any atom is 0.0659 e. The monoisotopic (exact) mass is 290 g/mol. The van der Waals surface area contributed by atoms with E-state index in [1.54, 1.807) is 0 Å². The smallest absolute Gasteiger partial charge is 0.0659 e. The fourth-order valence-electron chi connectivity index (χ4n) is 3.23. The Morgan fingerprint density at radius 3 is 2.48 bits per heavy atom. The summed E-state index contributed by atoms with van der Waals surface area (Å²) in [6.07, 6.45) is 3.73. The third kappa shape index (κ3) is 4.53. The van der Waals surface area contributed by atoms with Crippen molar-refractivity contribution in [1.82, 2.24) is 4.90 Å². The van der Waals surface area contributed by atoms with E-state index < -0.39 is 0 Å². The van der Waals surface area contributed by atoms with Crippen molar-refractivity contribution in [2.45, 2.75) is 38.6 Å². The molecule has 1 unspecified atom stereocenters. The van der Waals surface area contributed by atoms with Crippen LogP contribution in [-0.2, 0) is 11.2 Å². The average molecular weight is 290 g/mol. The SMILES string of the molecule is CCOCC(C)(CN)N1CCC(Cc2ccccc2)CC1. The van der Waals surface area contributed by atoms with Crippen LogP contribution >= 0.6 is 0 Å². The highest BCUT2D eigenvalue weighted by Crippen LogP contribution is 2.26. The summed E-state index contributed by atoms with van der Waals surface area (Å²) in [4.78, 5) is 2.53. The van der Waals surface area contributed by atoms with Crippen LogP contribution in [0.5, 0.6) is 0 Å². The van der Waals surface area contributed by atoms with E-state index in [1.165, 1.54) is 24.8 Å². The molecule has 0 amide bonds. The number of piperidine rings is 1. The number of nitrogens with zero attached hydrogens (tertiary/aromatic N) is 1. The Labute approximate surface area is 129 Å². The quantitative estimate of drug-likeness (QED) is 0.839. The molecule has 21 heavy (non-hydrogen) atoms. The number of likely N-dealkylation sites (tertiary alicyclic amines) is 1. The molecule has 2 N–H and O–H groups in total. The van der Waals surface area contributed by atoms with Crippen LogP contribution in [0.15, 0.2) is 30.3 Å². The van der Waals surface area contributed by atoms with Gasteiger partial charge in [-0.3, -0.25) is 4.90 Å². The highest BCUT2D eigenvalue weighted by molar-refractivity contribution is 5.15. The third-order valence-corrected chi connectivity index (χ3v) is 4.80. The molecule has 0 saturated carbocycles. The minimum Gasteiger partial charge on any atom is -0.380 e. The van der Waals surface area contributed by atoms with Crippen molar-refractivity contribution >= 4 is 0 Å². The molecule has 0 spiro atoms. The molecule has 0 aromatic heterocycles. The summed E-state index contributed by atoms with van der Waals surface area (Å²) in [5, 5.41) is 0. The first-order valence-electron chi connectivity index (χ1n) is 8.24. The van der Waals surface area contributed by atoms with Crippen LogP contribution in [0, 0.1) is 5.92 Å². The first-order chi connectivity index (χ1) is 10.2. The van der Waals surface area contributed by atoms with Crippen molar-refractivity contribution in [1.29, 1.82) is 0 Å². The number of nitrogens with two attached hydrogens (primary N) is 1. The van der Waals surface area contributed by atoms with Crippen LogP contribution in [-0.4, -0.2) is 43.3 Å². The Morgan fingerprint density at radius 1 is 1.24 bits per heavy atom. The van der Waals surface area contributed by atoms with Crippen molar-refractivity contribution in [3.8, 4) is 0 Å². The normalized spacial score (nSPS) is 20.3. The number of rotatable bonds is 7. The van der Waals surface area contributed by atoms with Crippen LogP contribution in [0.1, 0.15) is 32.3 Å². The van der Waals surface area contributed by atoms with E-state index >= 15 is 0 Å². The zero-order valence-corrected chi connectivity index (χ0v) is 13.6. The summed E-state index contributed by atoms with van der Waals surface area (Å²) in [5.41, 5.74) is 7.47. The summed E-state index contributed by atoms with van der Waals surface area (Å²) < 4.78 is 5.64. The molecule has 0 bridgehead atoms. The lowest BCUT2D eigenvalue weighted by molar-refractivity contribution is -0.00679. The molecule has 1 fully saturated rings. The van der Waals surface area contributed by atoms with E-state index in [0.717, 1.165) is 32.2 Å². The zero-order chi connectivity index (χ0) is 15.1. The molecule has 1 aromatic carbocycles. The second kappa shape index (κ2) is 7.92. The lowest BCUT2D eigenvalue weighted by Crippen LogP contribution is -2.57. The van der Waals surface area contributed by atoms with Crippen LogP contribution in [0.3, 0.4) is 0 Å². The van der Waals surface area contributed by atoms with Crippen LogP contribution in [0.2, 0.25) is 0 Å². The summed E-state index contributed by atoms with van der Waals surface area (Å²) in [5.74, 6) is 0.803. The summed E-state index contributed by atoms with van der Waals surface area (Å²) in [7, 11) is 0. The molecule has 118 valence electrons. The first-order valence-corrected chi connectivity index (χ1v) is 8.24. The van der Waals surface area contributed by atoms with Crippen molar-refractivity contribution in [2.24, 2.45) is 11.7 Å². The molecule has 1 heterocycles. The standard InChI is InChI=1S/C18H30N2O/c1-3-21-15-18(2,14-19)20-11-9-17(10-12-20)13-16-7-5-4-6-8-16/h4-8,17H,3,9-15,19H2,1-2H3. The van der Waals surface area contributed by atoms with Crippen molar-refractivity contribution in [2.75, 3.05) is 32.8 Å². The summed E-state index contributed by atoms with van der Waals surface area (Å²) in [6.45, 7) is 8.72. The van der Waals surface area contributed by atoms with E-state index in [1.807, 2.05) is 6.92 Å². The van der Waals surface area contributed by atoms with Crippen molar-refractivity contribution in [3.05, 3.63) is 35.9 Å². The number of hydrogen-bond donors (Lipinski definition) is 1. The van der Waals surface area contributed by atoms with E-state index in [9.17, 15) is 0 Å². The fourth-order valence-corrected chi connectivity index (χ4v) is 3.23. The molecule has 3 nitrogen and oxygen atoms in total. The predicted octanol–water partition coefficient (Wildman–Crippen LogP) is 2.70. The minimum absolute atomic E-state index is 0.00622. The van der Waals surface area contributed by atoms with Gasteiger partial charge in [0.25, 0.3) is 0 Å². The van der Waals surface area contributed by atoms with E-state index in [4.69, 9.17) is 10.5 Å². The number of hydrogen-bond acceptors (Lipinski definition) is 3. The van der Waals surface area contributed by atoms with Crippen LogP contribution in [0.25, 0.3) is 0 Å². The summed E-state index contributed by atoms with van der Waals surface area (Å²) >= 11 is 0. The first kappa shape index (κ1) is 16.5. The molecule has 2 rings (SSSR count). The highest BCUT2D eigenvalue weighted by atomic mass is 16.5. The van der Waals surface area contributed by atoms with Gasteiger partial charge >= 0.3 is 0 Å². The van der Waals surface area contributed by atoms with E-state index in [0.29, 0.717) is 6.54 Å². The molecule has 1 aliphatic rings. The fraction of sp³-hybridized carbons (Fsp3) is 0.667. The number of ether oxygens (including phenoxy) is 1. The van der Waals surface area contributed by atoms with Gasteiger partial charge in [0.15, 0.2) is 0 Å². The number of benzene rings is 1. The van der Waals surface area contributed by atoms with Gasteiger partial charge in [-0.15, -0.1) is 0 Å². The maximum atomic E-state index is 6.02. The van der Waals surface area contributed by atoms with Gasteiger partial charge in [0.1, 0.15) is 0 Å². The topological polar surface area (TPSA) is 38.5 Å². The molecular formula is C18H30N2O. The van der Waals surface area contributed by atoms with Crippen molar-refractivity contribution < 1.29 is 4.74 Å². The van der Waals surface area contributed by atoms with Gasteiger partial charge in [-0.2, -0.15) is 0 Å². The predicted molar refractivity (Wildman–Crippen MR) is 88.4 cm³/mol. The second-order valence-electron chi connectivity index (χ2n) is 6.46. The van der Waals surface area contributed by atoms with Gasteiger partial charge in [0.2, 0.25) is 0 Å². The van der Waals surface area contributed by atoms with Crippen LogP contribution in [0.4, 0.5) is 0 Å². The minimum atomic E-state index is -0.00622. The lowest BCUT2D eigenvalue weighted by atomic mass is 9.87. The van der Waals surface area contributed by atoms with E-state index in [-0.39, 0.29) is 5.54 Å². The van der Waals surface area contributed by atoms with Crippen LogP contribution < -0.4 is 5.73 Å². The summed E-state index contributed by atoms with van der Waals surface area (Å²) in [6, 6.07) is 10.8. The molecule has 3 heteroatoms. The van der Waals surface area contributed by atoms with Gasteiger partial charge in [-0.1, -0.05) is 30.3 Å². The Balaban J connectivity index is 1.84. The Kier molecular flexibility index (Phi) is 6.22. The molecule has 0 radical (unpaired) electrons. The second-order valence-corrected chi connectivity index (χ2v) is 6.46. The largest absolute Gasteiger partial charge is 0.380 e. The van der Waals surface area contributed by atoms with Gasteiger partial charge in [0, 0.05) is 13.2 Å². The molecule has 1 saturated heterocycles. The Morgan fingerprint density at radius 2 is 1.90 bits per heavy atom. The maximum absolute atomic E-state index is 6.02. The average Bonchev–Trinajstić information content (AvgIpc) is 2.54. The lowest BCUT2D eigenvalue weighted by Gasteiger charge is -2.44. The van der Waals surface area contributed by atoms with Crippen molar-refractivity contribution in [3.63, 3.8) is 0 Å². The van der Waals surface area contributed by atoms with Gasteiger partial charge < -0.3 is 10.5 Å². The van der Waals surface area contributed by atoms with Gasteiger partial charge in [-0.25, -0.2) is 0 Å². The third-order valence-electron chi connectivity index (χ3n) is 4.80. The Hall–Kier alpha value is -0.900. The van der Waals surface area contributed by atoms with E-state index in [2.05, 4.69) is 42.2 Å². The Bertz CT molecular complexity index is 401. The highest BCUT2D eigenvalue weighted by Gasteiger charge is 2.33. The van der Waals surface area contributed by atoms with Gasteiger partial charge in [-0.05, 0) is 57.7 Å².